The summed E-state index contributed by atoms with van der Waals surface area (Å²) in [6.45, 7) is 6.04. The number of fused-ring (bicyclic) bond motifs is 1. The van der Waals surface area contributed by atoms with E-state index in [0.717, 1.165) is 55.8 Å². The predicted molar refractivity (Wildman–Crippen MR) is 105 cm³/mol. The summed E-state index contributed by atoms with van der Waals surface area (Å²) < 4.78 is 5.44. The van der Waals surface area contributed by atoms with Gasteiger partial charge in [-0.2, -0.15) is 0 Å². The topological polar surface area (TPSA) is 49.6 Å². The number of nitrogens with zero attached hydrogens (tertiary/aromatic N) is 3. The van der Waals surface area contributed by atoms with E-state index in [1.807, 2.05) is 23.1 Å². The molecular weight excluding hydrogens is 385 g/mol. The third-order valence-corrected chi connectivity index (χ3v) is 6.28. The second kappa shape index (κ2) is 7.82. The number of halogens is 2. The fraction of sp³-hybridized carbons (Fsp3) is 0.500. The largest absolute Gasteiger partial charge is 0.360 e. The fourth-order valence-corrected chi connectivity index (χ4v) is 4.22. The van der Waals surface area contributed by atoms with Crippen molar-refractivity contribution in [3.8, 4) is 0 Å². The zero-order chi connectivity index (χ0) is 19.0. The summed E-state index contributed by atoms with van der Waals surface area (Å²) in [5, 5.41) is 5.25. The van der Waals surface area contributed by atoms with Crippen LogP contribution in [-0.4, -0.2) is 47.0 Å². The van der Waals surface area contributed by atoms with Gasteiger partial charge < -0.3 is 9.42 Å². The number of piperazine rings is 1. The van der Waals surface area contributed by atoms with Gasteiger partial charge in [0.05, 0.1) is 10.0 Å². The van der Waals surface area contributed by atoms with Gasteiger partial charge in [0.25, 0.3) is 5.91 Å². The highest BCUT2D eigenvalue weighted by Gasteiger charge is 2.31. The number of carbonyl (C=O) groups is 1. The maximum Gasteiger partial charge on any atom is 0.276 e. The van der Waals surface area contributed by atoms with Gasteiger partial charge in [0.15, 0.2) is 5.69 Å². The second-order valence-corrected chi connectivity index (χ2v) is 8.41. The molecule has 144 valence electrons. The number of benzene rings is 1. The molecule has 0 radical (unpaired) electrons. The number of hydrogen-bond acceptors (Lipinski definition) is 4. The minimum absolute atomic E-state index is 0.00304. The molecule has 1 fully saturated rings. The van der Waals surface area contributed by atoms with Crippen LogP contribution in [0.4, 0.5) is 0 Å². The highest BCUT2D eigenvalue weighted by atomic mass is 35.5. The molecule has 1 saturated heterocycles. The maximum atomic E-state index is 12.9. The number of carbonyl (C=O) groups excluding carboxylic acids is 1. The van der Waals surface area contributed by atoms with Crippen LogP contribution in [0.25, 0.3) is 0 Å². The van der Waals surface area contributed by atoms with E-state index in [4.69, 9.17) is 27.7 Å². The first kappa shape index (κ1) is 18.8. The van der Waals surface area contributed by atoms with Gasteiger partial charge in [-0.05, 0) is 36.5 Å². The molecule has 0 saturated carbocycles. The van der Waals surface area contributed by atoms with Crippen LogP contribution in [0.5, 0.6) is 0 Å². The van der Waals surface area contributed by atoms with E-state index >= 15 is 0 Å². The molecule has 2 aromatic rings. The Kier molecular flexibility index (Phi) is 5.44. The lowest BCUT2D eigenvalue weighted by Gasteiger charge is -2.34. The Morgan fingerprint density at radius 2 is 2.00 bits per heavy atom. The summed E-state index contributed by atoms with van der Waals surface area (Å²) in [4.78, 5) is 17.2. The quantitative estimate of drug-likeness (QED) is 0.769. The molecule has 1 aromatic heterocycles. The van der Waals surface area contributed by atoms with Gasteiger partial charge in [-0.15, -0.1) is 0 Å². The summed E-state index contributed by atoms with van der Waals surface area (Å²) in [5.74, 6) is 1.48. The summed E-state index contributed by atoms with van der Waals surface area (Å²) >= 11 is 12.1. The number of aryl methyl sites for hydroxylation is 1. The van der Waals surface area contributed by atoms with Crippen molar-refractivity contribution in [2.75, 3.05) is 26.2 Å². The van der Waals surface area contributed by atoms with Crippen LogP contribution in [0, 0.1) is 5.92 Å². The monoisotopic (exact) mass is 407 g/mol. The number of aromatic nitrogens is 1. The van der Waals surface area contributed by atoms with Crippen molar-refractivity contribution >= 4 is 29.1 Å². The first-order valence-electron chi connectivity index (χ1n) is 9.44. The standard InChI is InChI=1S/C20H23Cl2N3O2/c1-13-2-5-18-15(10-13)19(23-27-18)20(26)25-8-6-24(7-9-25)12-14-3-4-16(21)17(22)11-14/h3-4,11,13H,2,5-10,12H2,1H3. The smallest absolute Gasteiger partial charge is 0.276 e. The molecule has 4 rings (SSSR count). The minimum atomic E-state index is 0.00304. The van der Waals surface area contributed by atoms with Gasteiger partial charge in [0.1, 0.15) is 5.76 Å². The summed E-state index contributed by atoms with van der Waals surface area (Å²) in [6.07, 6.45) is 2.87. The summed E-state index contributed by atoms with van der Waals surface area (Å²) in [7, 11) is 0. The highest BCUT2D eigenvalue weighted by molar-refractivity contribution is 6.42. The molecular formula is C20H23Cl2N3O2. The molecule has 0 bridgehead atoms. The Bertz CT molecular complexity index is 844. The van der Waals surface area contributed by atoms with Gasteiger partial charge >= 0.3 is 0 Å². The zero-order valence-electron chi connectivity index (χ0n) is 15.4. The van der Waals surface area contributed by atoms with Gasteiger partial charge in [0, 0.05) is 44.7 Å². The van der Waals surface area contributed by atoms with E-state index in [1.165, 1.54) is 0 Å². The Hall–Kier alpha value is -1.56. The third-order valence-electron chi connectivity index (χ3n) is 5.54. The molecule has 2 aliphatic rings. The lowest BCUT2D eigenvalue weighted by molar-refractivity contribution is 0.0617. The molecule has 27 heavy (non-hydrogen) atoms. The Morgan fingerprint density at radius 1 is 1.22 bits per heavy atom. The third kappa shape index (κ3) is 4.00. The van der Waals surface area contributed by atoms with Crippen LogP contribution in [0.3, 0.4) is 0 Å². The number of amides is 1. The lowest BCUT2D eigenvalue weighted by atomic mass is 9.88. The fourth-order valence-electron chi connectivity index (χ4n) is 3.90. The van der Waals surface area contributed by atoms with Crippen LogP contribution in [0.15, 0.2) is 22.7 Å². The van der Waals surface area contributed by atoms with Crippen LogP contribution in [0.2, 0.25) is 10.0 Å². The van der Waals surface area contributed by atoms with Crippen molar-refractivity contribution in [3.05, 3.63) is 50.8 Å². The average Bonchev–Trinajstić information content (AvgIpc) is 3.08. The summed E-state index contributed by atoms with van der Waals surface area (Å²) in [6, 6.07) is 5.73. The van der Waals surface area contributed by atoms with Crippen molar-refractivity contribution in [3.63, 3.8) is 0 Å². The highest BCUT2D eigenvalue weighted by Crippen LogP contribution is 2.29. The van der Waals surface area contributed by atoms with Crippen LogP contribution in [-0.2, 0) is 19.4 Å². The van der Waals surface area contributed by atoms with E-state index in [1.54, 1.807) is 0 Å². The number of rotatable bonds is 3. The van der Waals surface area contributed by atoms with Crippen LogP contribution >= 0.6 is 23.2 Å². The van der Waals surface area contributed by atoms with Crippen LogP contribution in [0.1, 0.15) is 40.7 Å². The van der Waals surface area contributed by atoms with Gasteiger partial charge in [-0.1, -0.05) is 41.3 Å². The van der Waals surface area contributed by atoms with E-state index in [2.05, 4.69) is 17.0 Å². The molecule has 1 aliphatic heterocycles. The predicted octanol–water partition coefficient (Wildman–Crippen LogP) is 4.06. The van der Waals surface area contributed by atoms with Gasteiger partial charge in [0.2, 0.25) is 0 Å². The molecule has 1 aromatic carbocycles. The van der Waals surface area contributed by atoms with Gasteiger partial charge in [-0.25, -0.2) is 0 Å². The average molecular weight is 408 g/mol. The molecule has 0 N–H and O–H groups in total. The molecule has 0 spiro atoms. The molecule has 5 nitrogen and oxygen atoms in total. The Labute approximate surface area is 169 Å². The Morgan fingerprint density at radius 3 is 2.74 bits per heavy atom. The first-order chi connectivity index (χ1) is 13.0. The number of hydrogen-bond donors (Lipinski definition) is 0. The summed E-state index contributed by atoms with van der Waals surface area (Å²) in [5.41, 5.74) is 2.68. The van der Waals surface area contributed by atoms with Crippen molar-refractivity contribution in [2.45, 2.75) is 32.7 Å². The Balaban J connectivity index is 1.37. The van der Waals surface area contributed by atoms with Crippen molar-refractivity contribution in [1.82, 2.24) is 15.0 Å². The molecule has 1 atom stereocenters. The van der Waals surface area contributed by atoms with E-state index in [9.17, 15) is 4.79 Å². The molecule has 1 amide bonds. The van der Waals surface area contributed by atoms with Crippen molar-refractivity contribution in [1.29, 1.82) is 0 Å². The van der Waals surface area contributed by atoms with E-state index in [-0.39, 0.29) is 5.91 Å². The molecule has 2 heterocycles. The van der Waals surface area contributed by atoms with Crippen molar-refractivity contribution < 1.29 is 9.32 Å². The maximum absolute atomic E-state index is 12.9. The molecule has 1 unspecified atom stereocenters. The SMILES string of the molecule is CC1CCc2onc(C(=O)N3CCN(Cc4ccc(Cl)c(Cl)c4)CC3)c2C1. The second-order valence-electron chi connectivity index (χ2n) is 7.60. The lowest BCUT2D eigenvalue weighted by Crippen LogP contribution is -2.48. The first-order valence-corrected chi connectivity index (χ1v) is 10.2. The van der Waals surface area contributed by atoms with E-state index in [0.29, 0.717) is 34.7 Å². The minimum Gasteiger partial charge on any atom is -0.360 e. The molecule has 1 aliphatic carbocycles. The van der Waals surface area contributed by atoms with E-state index < -0.39 is 0 Å². The normalized spacial score (nSPS) is 20.6. The molecule has 7 heteroatoms. The van der Waals surface area contributed by atoms with Crippen LogP contribution < -0.4 is 0 Å². The van der Waals surface area contributed by atoms with Gasteiger partial charge in [-0.3, -0.25) is 9.69 Å². The zero-order valence-corrected chi connectivity index (χ0v) is 16.9. The van der Waals surface area contributed by atoms with Crippen molar-refractivity contribution in [2.24, 2.45) is 5.92 Å².